The van der Waals surface area contributed by atoms with E-state index in [9.17, 15) is 40.3 Å². The van der Waals surface area contributed by atoms with Gasteiger partial charge < -0.3 is 54.6 Å². The lowest BCUT2D eigenvalue weighted by Gasteiger charge is -2.47. The van der Waals surface area contributed by atoms with E-state index in [1.807, 2.05) is 0 Å². The fourth-order valence-electron chi connectivity index (χ4n) is 7.57. The van der Waals surface area contributed by atoms with Gasteiger partial charge in [-0.2, -0.15) is 0 Å². The van der Waals surface area contributed by atoms with Gasteiger partial charge in [0.25, 0.3) is 5.91 Å². The fourth-order valence-corrected chi connectivity index (χ4v) is 7.57. The molecule has 2 heterocycles. The molecule has 3 rings (SSSR count). The second-order valence-corrected chi connectivity index (χ2v) is 14.7. The number of aliphatic hydroxyl groups excluding tert-OH is 3. The molecule has 50 heavy (non-hydrogen) atoms. The minimum atomic E-state index is -1.96. The quantitative estimate of drug-likeness (QED) is 0.143. The summed E-state index contributed by atoms with van der Waals surface area (Å²) in [6.07, 6.45) is -8.44. The van der Waals surface area contributed by atoms with Gasteiger partial charge in [-0.05, 0) is 71.2 Å². The van der Waals surface area contributed by atoms with Crippen LogP contribution < -0.4 is 4.74 Å². The Kier molecular flexibility index (Phi) is 13.8. The van der Waals surface area contributed by atoms with E-state index in [0.717, 1.165) is 0 Å². The van der Waals surface area contributed by atoms with E-state index in [1.165, 1.54) is 32.8 Å². The van der Waals surface area contributed by atoms with Gasteiger partial charge in [0, 0.05) is 30.4 Å². The minimum Gasteiger partial charge on any atom is -0.497 e. The van der Waals surface area contributed by atoms with Gasteiger partial charge >= 0.3 is 5.97 Å². The molecule has 0 radical (unpaired) electrons. The highest BCUT2D eigenvalue weighted by atomic mass is 16.7. The minimum absolute atomic E-state index is 0.0675. The molecule has 14 nitrogen and oxygen atoms in total. The first kappa shape index (κ1) is 41.6. The van der Waals surface area contributed by atoms with Crippen molar-refractivity contribution in [3.05, 3.63) is 29.8 Å². The number of rotatable bonds is 6. The van der Waals surface area contributed by atoms with Crippen LogP contribution in [0.2, 0.25) is 0 Å². The Hall–Kier alpha value is -2.85. The van der Waals surface area contributed by atoms with Crippen LogP contribution in [0.15, 0.2) is 29.4 Å². The predicted molar refractivity (Wildman–Crippen MR) is 183 cm³/mol. The lowest BCUT2D eigenvalue weighted by atomic mass is 9.73. The maximum Gasteiger partial charge on any atom is 0.311 e. The predicted octanol–water partition coefficient (Wildman–Crippen LogP) is 2.34. The average molecular weight is 711 g/mol. The molecule has 2 saturated heterocycles. The summed E-state index contributed by atoms with van der Waals surface area (Å²) in [5.74, 6) is -4.41. The lowest BCUT2D eigenvalue weighted by Crippen LogP contribution is -2.60. The van der Waals surface area contributed by atoms with E-state index in [0.29, 0.717) is 11.3 Å². The molecular weight excluding hydrogens is 652 g/mol. The number of methoxy groups -OCH3 is 1. The van der Waals surface area contributed by atoms with Gasteiger partial charge in [0.2, 0.25) is 0 Å². The number of amides is 1. The molecule has 0 spiro atoms. The van der Waals surface area contributed by atoms with Crippen LogP contribution in [0.25, 0.3) is 0 Å². The van der Waals surface area contributed by atoms with Crippen LogP contribution in [0.4, 0.5) is 0 Å². The van der Waals surface area contributed by atoms with Gasteiger partial charge in [-0.3, -0.25) is 9.59 Å². The van der Waals surface area contributed by atoms with Crippen molar-refractivity contribution < 1.29 is 59.3 Å². The molecule has 2 aliphatic heterocycles. The Labute approximate surface area is 295 Å². The maximum atomic E-state index is 13.5. The Balaban J connectivity index is 2.01. The number of ether oxygens (including phenoxy) is 4. The molecule has 0 aliphatic carbocycles. The molecule has 1 aromatic rings. The van der Waals surface area contributed by atoms with Gasteiger partial charge in [-0.15, -0.1) is 0 Å². The molecule has 14 heteroatoms. The van der Waals surface area contributed by atoms with Crippen molar-refractivity contribution in [2.75, 3.05) is 14.2 Å². The molecule has 0 aromatic heterocycles. The molecule has 1 aromatic carbocycles. The van der Waals surface area contributed by atoms with Crippen molar-refractivity contribution in [2.24, 2.45) is 28.8 Å². The van der Waals surface area contributed by atoms with Gasteiger partial charge in [-0.25, -0.2) is 0 Å². The molecule has 1 amide bonds. The number of carbonyl (C=O) groups excluding carboxylic acids is 2. The number of carbonyl (C=O) groups is 2. The topological polar surface area (TPSA) is 208 Å². The monoisotopic (exact) mass is 710 g/mol. The summed E-state index contributed by atoms with van der Waals surface area (Å²) in [6.45, 7) is 12.5. The largest absolute Gasteiger partial charge is 0.497 e. The molecular formula is C36H58N2O12. The van der Waals surface area contributed by atoms with Crippen LogP contribution in [0, 0.1) is 23.7 Å². The van der Waals surface area contributed by atoms with Crippen molar-refractivity contribution >= 4 is 17.6 Å². The fraction of sp³-hybridized carbons (Fsp3) is 0.750. The maximum absolute atomic E-state index is 13.5. The number of likely N-dealkylation sites (N-methyl/N-ethyl adjacent to an activating group) is 1. The number of cyclic esters (lactones) is 1. The standard InChI is InChI=1S/C36H58N2O12/c1-11-26-36(8,45)30(41)20(4)27(37-46)18(2)17-35(7,44)31(21(5)28(39)22(6)33(43)49-26)50-34-29(40)25(16-19(3)48-34)38(9)32(42)23-12-14-24(47-10)15-13-23/h12-15,18-22,25-26,28-31,34,39-41,44-46H,11,16-17H2,1-10H3/b37-27+/t18-,19-,20+,21+,22-,25+,26-,28+,29-,30-,31-,34+,35-,36-/m1/s1. The van der Waals surface area contributed by atoms with E-state index >= 15 is 0 Å². The molecule has 14 atom stereocenters. The van der Waals surface area contributed by atoms with E-state index in [1.54, 1.807) is 65.9 Å². The first-order valence-corrected chi connectivity index (χ1v) is 17.4. The Morgan fingerprint density at radius 2 is 1.62 bits per heavy atom. The molecule has 6 N–H and O–H groups in total. The van der Waals surface area contributed by atoms with Crippen LogP contribution in [-0.2, 0) is 19.0 Å². The molecule has 284 valence electrons. The summed E-state index contributed by atoms with van der Waals surface area (Å²) in [5, 5.41) is 71.5. The van der Waals surface area contributed by atoms with E-state index in [4.69, 9.17) is 18.9 Å². The highest BCUT2D eigenvalue weighted by Gasteiger charge is 2.51. The SMILES string of the molecule is CC[C@H]1OC(=O)[C@H](C)[C@@H](O)[C@H](C)[C@@H](O[C@@H]2O[C@H](C)C[C@H](N(C)C(=O)c3ccc(OC)cc3)[C@H]2O)[C@](C)(O)C[C@@H](C)/C(=N\O)[C@H](C)[C@@H](O)[C@]1(C)O. The third kappa shape index (κ3) is 8.77. The van der Waals surface area contributed by atoms with Crippen molar-refractivity contribution in [1.82, 2.24) is 4.90 Å². The van der Waals surface area contributed by atoms with Gasteiger partial charge in [-0.1, -0.05) is 32.9 Å². The van der Waals surface area contributed by atoms with E-state index in [-0.39, 0.29) is 30.9 Å². The second-order valence-electron chi connectivity index (χ2n) is 14.7. The summed E-state index contributed by atoms with van der Waals surface area (Å²) in [4.78, 5) is 28.3. The third-order valence-electron chi connectivity index (χ3n) is 10.7. The summed E-state index contributed by atoms with van der Waals surface area (Å²) in [5.41, 5.74) is -3.34. The number of oxime groups is 1. The van der Waals surface area contributed by atoms with Crippen molar-refractivity contribution in [1.29, 1.82) is 0 Å². The number of esters is 1. The second kappa shape index (κ2) is 16.7. The van der Waals surface area contributed by atoms with Crippen LogP contribution in [0.3, 0.4) is 0 Å². The summed E-state index contributed by atoms with van der Waals surface area (Å²) < 4.78 is 23.3. The smallest absolute Gasteiger partial charge is 0.311 e. The van der Waals surface area contributed by atoms with E-state index < -0.39 is 89.8 Å². The highest BCUT2D eigenvalue weighted by molar-refractivity contribution is 5.94. The Bertz CT molecular complexity index is 1320. The zero-order valence-corrected chi connectivity index (χ0v) is 30.9. The molecule has 0 saturated carbocycles. The highest BCUT2D eigenvalue weighted by Crippen LogP contribution is 2.38. The zero-order chi connectivity index (χ0) is 37.9. The van der Waals surface area contributed by atoms with Crippen molar-refractivity contribution in [2.45, 2.75) is 135 Å². The molecule has 2 fully saturated rings. The third-order valence-corrected chi connectivity index (χ3v) is 10.7. The van der Waals surface area contributed by atoms with Gasteiger partial charge in [0.15, 0.2) is 6.29 Å². The van der Waals surface area contributed by atoms with Crippen LogP contribution in [-0.4, -0.2) is 128 Å². The average Bonchev–Trinajstić information content (AvgIpc) is 3.07. The van der Waals surface area contributed by atoms with Crippen LogP contribution in [0.1, 0.15) is 85.0 Å². The van der Waals surface area contributed by atoms with Crippen molar-refractivity contribution in [3.8, 4) is 5.75 Å². The lowest BCUT2D eigenvalue weighted by molar-refractivity contribution is -0.298. The summed E-state index contributed by atoms with van der Waals surface area (Å²) >= 11 is 0. The summed E-state index contributed by atoms with van der Waals surface area (Å²) in [7, 11) is 3.09. The molecule has 2 aliphatic rings. The number of hydrogen-bond donors (Lipinski definition) is 6. The number of benzene rings is 1. The normalized spacial score (nSPS) is 41.6. The number of hydrogen-bond acceptors (Lipinski definition) is 13. The van der Waals surface area contributed by atoms with Crippen LogP contribution in [0.5, 0.6) is 5.75 Å². The first-order valence-electron chi connectivity index (χ1n) is 17.4. The zero-order valence-electron chi connectivity index (χ0n) is 30.9. The van der Waals surface area contributed by atoms with Crippen molar-refractivity contribution in [3.63, 3.8) is 0 Å². The van der Waals surface area contributed by atoms with Crippen LogP contribution >= 0.6 is 0 Å². The number of aliphatic hydroxyl groups is 5. The molecule has 0 unspecified atom stereocenters. The Morgan fingerprint density at radius 1 is 1.02 bits per heavy atom. The first-order chi connectivity index (χ1) is 23.2. The van der Waals surface area contributed by atoms with E-state index in [2.05, 4.69) is 5.16 Å². The number of nitrogens with zero attached hydrogens (tertiary/aromatic N) is 2. The van der Waals surface area contributed by atoms with Gasteiger partial charge in [0.1, 0.15) is 23.6 Å². The Morgan fingerprint density at radius 3 is 2.16 bits per heavy atom. The molecule has 0 bridgehead atoms. The summed E-state index contributed by atoms with van der Waals surface area (Å²) in [6, 6.07) is 5.81. The van der Waals surface area contributed by atoms with Gasteiger partial charge in [0.05, 0.1) is 54.8 Å².